The normalized spacial score (nSPS) is 26.0. The van der Waals surface area contributed by atoms with Crippen molar-refractivity contribution in [3.8, 4) is 0 Å². The number of amides is 2. The first-order chi connectivity index (χ1) is 9.54. The number of nitrogens with zero attached hydrogens (tertiary/aromatic N) is 1. The highest BCUT2D eigenvalue weighted by atomic mass is 79.9. The maximum Gasteiger partial charge on any atom is 0.246 e. The zero-order valence-corrected chi connectivity index (χ0v) is 12.9. The van der Waals surface area contributed by atoms with Crippen LogP contribution in [0.3, 0.4) is 0 Å². The van der Waals surface area contributed by atoms with Gasteiger partial charge in [-0.25, -0.2) is 0 Å². The van der Waals surface area contributed by atoms with Gasteiger partial charge in [0.05, 0.1) is 12.5 Å². The highest BCUT2D eigenvalue weighted by Gasteiger charge is 2.37. The Morgan fingerprint density at radius 1 is 1.25 bits per heavy atom. The molecule has 1 aliphatic heterocycles. The summed E-state index contributed by atoms with van der Waals surface area (Å²) in [6.07, 6.45) is 3.23. The van der Waals surface area contributed by atoms with Crippen molar-refractivity contribution < 1.29 is 9.59 Å². The fourth-order valence-corrected chi connectivity index (χ4v) is 3.44. The van der Waals surface area contributed by atoms with Gasteiger partial charge in [0.1, 0.15) is 0 Å². The highest BCUT2D eigenvalue weighted by Crippen LogP contribution is 2.25. The van der Waals surface area contributed by atoms with Gasteiger partial charge in [-0.2, -0.15) is 0 Å². The summed E-state index contributed by atoms with van der Waals surface area (Å²) in [5, 5.41) is 3.36. The van der Waals surface area contributed by atoms with Crippen molar-refractivity contribution in [2.45, 2.75) is 37.8 Å². The zero-order valence-electron chi connectivity index (χ0n) is 11.4. The van der Waals surface area contributed by atoms with Crippen molar-refractivity contribution in [2.75, 3.05) is 7.05 Å². The van der Waals surface area contributed by atoms with E-state index in [-0.39, 0.29) is 23.9 Å². The lowest BCUT2D eigenvalue weighted by atomic mass is 9.88. The third kappa shape index (κ3) is 2.52. The van der Waals surface area contributed by atoms with E-state index in [1.807, 2.05) is 0 Å². The third-order valence-electron chi connectivity index (χ3n) is 4.22. The fraction of sp³-hybridized carbons (Fsp3) is 0.467. The van der Waals surface area contributed by atoms with E-state index in [1.54, 1.807) is 7.05 Å². The molecule has 2 atom stereocenters. The molecule has 1 fully saturated rings. The molecule has 2 aliphatic rings. The van der Waals surface area contributed by atoms with Crippen LogP contribution in [0.15, 0.2) is 22.7 Å². The summed E-state index contributed by atoms with van der Waals surface area (Å²) in [6, 6.07) is 6.30. The molecule has 2 amide bonds. The number of halogens is 1. The molecule has 1 saturated heterocycles. The second kappa shape index (κ2) is 5.30. The fourth-order valence-electron chi connectivity index (χ4n) is 3.04. The first-order valence-electron chi connectivity index (χ1n) is 6.88. The topological polar surface area (TPSA) is 49.4 Å². The largest absolute Gasteiger partial charge is 0.302 e. The van der Waals surface area contributed by atoms with Crippen LogP contribution in [0, 0.1) is 0 Å². The summed E-state index contributed by atoms with van der Waals surface area (Å²) in [5.41, 5.74) is 2.71. The van der Waals surface area contributed by atoms with E-state index in [0.29, 0.717) is 6.42 Å². The molecule has 1 aromatic carbocycles. The lowest BCUT2D eigenvalue weighted by molar-refractivity contribution is -0.137. The van der Waals surface area contributed by atoms with E-state index >= 15 is 0 Å². The van der Waals surface area contributed by atoms with Gasteiger partial charge >= 0.3 is 0 Å². The van der Waals surface area contributed by atoms with Gasteiger partial charge in [-0.1, -0.05) is 22.0 Å². The zero-order chi connectivity index (χ0) is 14.3. The summed E-state index contributed by atoms with van der Waals surface area (Å²) in [7, 11) is 1.56. The van der Waals surface area contributed by atoms with Crippen molar-refractivity contribution in [1.29, 1.82) is 0 Å². The number of likely N-dealkylation sites (N-methyl/N-ethyl adjacent to an activating group) is 1. The van der Waals surface area contributed by atoms with E-state index in [9.17, 15) is 9.59 Å². The van der Waals surface area contributed by atoms with E-state index in [4.69, 9.17) is 0 Å². The molecule has 0 aromatic heterocycles. The SMILES string of the molecule is CN1C(=O)CC(NC2CCc3cc(Br)ccc3C2)C1=O. The van der Waals surface area contributed by atoms with Crippen LogP contribution >= 0.6 is 15.9 Å². The van der Waals surface area contributed by atoms with Crippen molar-refractivity contribution >= 4 is 27.7 Å². The Morgan fingerprint density at radius 2 is 2.05 bits per heavy atom. The van der Waals surface area contributed by atoms with Crippen LogP contribution in [0.25, 0.3) is 0 Å². The van der Waals surface area contributed by atoms with Gasteiger partial charge in [-0.15, -0.1) is 0 Å². The quantitative estimate of drug-likeness (QED) is 0.835. The number of likely N-dealkylation sites (tertiary alicyclic amines) is 1. The first-order valence-corrected chi connectivity index (χ1v) is 7.67. The number of fused-ring (bicyclic) bond motifs is 1. The second-order valence-corrected chi connectivity index (χ2v) is 6.48. The Kier molecular flexibility index (Phi) is 3.65. The van der Waals surface area contributed by atoms with E-state index in [2.05, 4.69) is 39.4 Å². The molecule has 0 spiro atoms. The molecule has 2 unspecified atom stereocenters. The van der Waals surface area contributed by atoms with Crippen LogP contribution in [-0.2, 0) is 22.4 Å². The average Bonchev–Trinajstić information content (AvgIpc) is 2.66. The molecule has 3 rings (SSSR count). The van der Waals surface area contributed by atoms with Crippen LogP contribution in [0.2, 0.25) is 0 Å². The number of imide groups is 1. The lowest BCUT2D eigenvalue weighted by Gasteiger charge is -2.27. The van der Waals surface area contributed by atoms with Crippen LogP contribution in [0.1, 0.15) is 24.0 Å². The Bertz CT molecular complexity index is 573. The highest BCUT2D eigenvalue weighted by molar-refractivity contribution is 9.10. The Hall–Kier alpha value is -1.20. The van der Waals surface area contributed by atoms with E-state index < -0.39 is 0 Å². The molecule has 0 radical (unpaired) electrons. The van der Waals surface area contributed by atoms with Gasteiger partial charge < -0.3 is 5.32 Å². The summed E-state index contributed by atoms with van der Waals surface area (Å²) in [4.78, 5) is 24.7. The molecule has 1 heterocycles. The average molecular weight is 337 g/mol. The molecule has 106 valence electrons. The number of hydrogen-bond donors (Lipinski definition) is 1. The molecule has 1 aromatic rings. The molecule has 20 heavy (non-hydrogen) atoms. The third-order valence-corrected chi connectivity index (χ3v) is 4.71. The van der Waals surface area contributed by atoms with Crippen LogP contribution in [0.5, 0.6) is 0 Å². The molecular weight excluding hydrogens is 320 g/mol. The van der Waals surface area contributed by atoms with Crippen LogP contribution in [0.4, 0.5) is 0 Å². The number of nitrogens with one attached hydrogen (secondary N) is 1. The van der Waals surface area contributed by atoms with Gasteiger partial charge in [-0.3, -0.25) is 14.5 Å². The predicted octanol–water partition coefficient (Wildman–Crippen LogP) is 1.65. The van der Waals surface area contributed by atoms with E-state index in [1.165, 1.54) is 16.0 Å². The molecule has 1 N–H and O–H groups in total. The maximum absolute atomic E-state index is 11.9. The molecular formula is C15H17BrN2O2. The van der Waals surface area contributed by atoms with Crippen molar-refractivity contribution in [3.63, 3.8) is 0 Å². The van der Waals surface area contributed by atoms with Crippen molar-refractivity contribution in [2.24, 2.45) is 0 Å². The minimum absolute atomic E-state index is 0.0901. The predicted molar refractivity (Wildman–Crippen MR) is 79.3 cm³/mol. The van der Waals surface area contributed by atoms with E-state index in [0.717, 1.165) is 23.7 Å². The molecule has 5 heteroatoms. The van der Waals surface area contributed by atoms with Gasteiger partial charge in [0, 0.05) is 17.6 Å². The molecule has 0 bridgehead atoms. The minimum atomic E-state index is -0.338. The van der Waals surface area contributed by atoms with Gasteiger partial charge in [0.25, 0.3) is 0 Å². The van der Waals surface area contributed by atoms with Crippen LogP contribution in [-0.4, -0.2) is 35.8 Å². The summed E-state index contributed by atoms with van der Waals surface area (Å²) in [5.74, 6) is -0.191. The molecule has 0 saturated carbocycles. The van der Waals surface area contributed by atoms with Gasteiger partial charge in [0.2, 0.25) is 11.8 Å². The van der Waals surface area contributed by atoms with Gasteiger partial charge in [0.15, 0.2) is 0 Å². The summed E-state index contributed by atoms with van der Waals surface area (Å²) in [6.45, 7) is 0. The van der Waals surface area contributed by atoms with Crippen molar-refractivity contribution in [1.82, 2.24) is 10.2 Å². The number of hydrogen-bond acceptors (Lipinski definition) is 3. The Labute approximate surface area is 126 Å². The van der Waals surface area contributed by atoms with Crippen LogP contribution < -0.4 is 5.32 Å². The molecule has 4 nitrogen and oxygen atoms in total. The maximum atomic E-state index is 11.9. The standard InChI is InChI=1S/C15H17BrN2O2/c1-18-14(19)8-13(15(18)20)17-12-5-3-9-6-11(16)4-2-10(9)7-12/h2,4,6,12-13,17H,3,5,7-8H2,1H3. The Balaban J connectivity index is 1.68. The minimum Gasteiger partial charge on any atom is -0.302 e. The second-order valence-electron chi connectivity index (χ2n) is 5.57. The number of rotatable bonds is 2. The van der Waals surface area contributed by atoms with Crippen molar-refractivity contribution in [3.05, 3.63) is 33.8 Å². The lowest BCUT2D eigenvalue weighted by Crippen LogP contribution is -2.45. The first kappa shape index (κ1) is 13.8. The summed E-state index contributed by atoms with van der Waals surface area (Å²) >= 11 is 3.49. The number of aryl methyl sites for hydroxylation is 1. The number of carbonyl (C=O) groups is 2. The Morgan fingerprint density at radius 3 is 2.75 bits per heavy atom. The molecule has 1 aliphatic carbocycles. The smallest absolute Gasteiger partial charge is 0.246 e. The van der Waals surface area contributed by atoms with Gasteiger partial charge in [-0.05, 0) is 42.5 Å². The number of benzene rings is 1. The summed E-state index contributed by atoms with van der Waals surface area (Å²) < 4.78 is 1.11. The monoisotopic (exact) mass is 336 g/mol. The number of carbonyl (C=O) groups excluding carboxylic acids is 2.